The van der Waals surface area contributed by atoms with Crippen LogP contribution in [0.3, 0.4) is 0 Å². The highest BCUT2D eigenvalue weighted by atomic mass is 35.5. The average molecular weight is 377 g/mol. The third kappa shape index (κ3) is 6.23. The Hall–Kier alpha value is -2.27. The summed E-state index contributed by atoms with van der Waals surface area (Å²) in [4.78, 5) is 28.1. The van der Waals surface area contributed by atoms with Gasteiger partial charge in [0, 0.05) is 13.1 Å². The van der Waals surface area contributed by atoms with Gasteiger partial charge in [0.25, 0.3) is 0 Å². The number of benzene rings is 1. The number of amides is 2. The minimum Gasteiger partial charge on any atom is -0.467 e. The molecule has 0 saturated heterocycles. The van der Waals surface area contributed by atoms with Gasteiger partial charge in [-0.15, -0.1) is 11.6 Å². The highest BCUT2D eigenvalue weighted by molar-refractivity contribution is 6.27. The topological polar surface area (TPSA) is 53.8 Å². The largest absolute Gasteiger partial charge is 0.467 e. The van der Waals surface area contributed by atoms with Crippen LogP contribution in [0.1, 0.15) is 24.7 Å². The van der Waals surface area contributed by atoms with E-state index >= 15 is 0 Å². The molecule has 0 radical (unpaired) electrons. The van der Waals surface area contributed by atoms with Gasteiger partial charge in [0.05, 0.1) is 19.4 Å². The van der Waals surface area contributed by atoms with Crippen LogP contribution in [0.2, 0.25) is 0 Å². The minimum absolute atomic E-state index is 0.0366. The van der Waals surface area contributed by atoms with Crippen LogP contribution in [0.5, 0.6) is 0 Å². The lowest BCUT2D eigenvalue weighted by Gasteiger charge is -2.27. The quantitative estimate of drug-likeness (QED) is 0.598. The highest BCUT2D eigenvalue weighted by Gasteiger charge is 2.21. The zero-order chi connectivity index (χ0) is 18.8. The third-order valence-electron chi connectivity index (χ3n) is 4.08. The Bertz CT molecular complexity index is 674. The summed E-state index contributed by atoms with van der Waals surface area (Å²) < 4.78 is 5.39. The summed E-state index contributed by atoms with van der Waals surface area (Å²) in [5.41, 5.74) is 1.16. The number of halogens is 1. The maximum Gasteiger partial charge on any atom is 0.242 e. The first-order valence-electron chi connectivity index (χ1n) is 8.81. The molecule has 0 saturated carbocycles. The number of alkyl halides is 1. The van der Waals surface area contributed by atoms with Crippen LogP contribution in [-0.4, -0.2) is 47.1 Å². The number of rotatable bonds is 10. The smallest absolute Gasteiger partial charge is 0.242 e. The summed E-state index contributed by atoms with van der Waals surface area (Å²) in [6, 6.07) is 13.7. The lowest BCUT2D eigenvalue weighted by molar-refractivity contribution is -0.139. The summed E-state index contributed by atoms with van der Waals surface area (Å²) in [6.45, 7) is 3.46. The molecule has 1 aromatic carbocycles. The van der Waals surface area contributed by atoms with Gasteiger partial charge >= 0.3 is 0 Å². The number of carbonyl (C=O) groups excluding carboxylic acids is 2. The van der Waals surface area contributed by atoms with E-state index in [1.807, 2.05) is 43.3 Å². The zero-order valence-electron chi connectivity index (χ0n) is 15.1. The molecule has 0 N–H and O–H groups in total. The first-order chi connectivity index (χ1) is 12.6. The van der Waals surface area contributed by atoms with Crippen molar-refractivity contribution < 1.29 is 14.0 Å². The van der Waals surface area contributed by atoms with E-state index in [1.54, 1.807) is 17.2 Å². The van der Waals surface area contributed by atoms with Crippen LogP contribution >= 0.6 is 11.6 Å². The van der Waals surface area contributed by atoms with Crippen LogP contribution in [-0.2, 0) is 22.6 Å². The SMILES string of the molecule is CCCN(CC(=O)N(CCc1ccccc1)Cc1ccco1)C(=O)CCl. The standard InChI is InChI=1S/C20H25ClN2O3/c1-2-11-22(19(24)14-21)16-20(25)23(15-18-9-6-13-26-18)12-10-17-7-4-3-5-8-17/h3-9,13H,2,10-12,14-16H2,1H3. The van der Waals surface area contributed by atoms with E-state index in [2.05, 4.69) is 0 Å². The van der Waals surface area contributed by atoms with Gasteiger partial charge in [-0.2, -0.15) is 0 Å². The molecule has 0 bridgehead atoms. The second-order valence-electron chi connectivity index (χ2n) is 6.08. The fourth-order valence-corrected chi connectivity index (χ4v) is 2.87. The van der Waals surface area contributed by atoms with Gasteiger partial charge in [0.15, 0.2) is 0 Å². The Labute approximate surface area is 159 Å². The first kappa shape index (κ1) is 20.0. The number of hydrogen-bond acceptors (Lipinski definition) is 3. The zero-order valence-corrected chi connectivity index (χ0v) is 15.8. The molecule has 0 unspecified atom stereocenters. The van der Waals surface area contributed by atoms with Crippen molar-refractivity contribution in [3.63, 3.8) is 0 Å². The van der Waals surface area contributed by atoms with Gasteiger partial charge in [-0.3, -0.25) is 9.59 Å². The van der Waals surface area contributed by atoms with E-state index in [0.717, 1.165) is 24.2 Å². The molecule has 140 valence electrons. The van der Waals surface area contributed by atoms with E-state index in [9.17, 15) is 9.59 Å². The van der Waals surface area contributed by atoms with Crippen LogP contribution in [0.4, 0.5) is 0 Å². The van der Waals surface area contributed by atoms with Gasteiger partial charge in [0.1, 0.15) is 11.6 Å². The van der Waals surface area contributed by atoms with Crippen molar-refractivity contribution in [2.75, 3.05) is 25.5 Å². The van der Waals surface area contributed by atoms with E-state index in [-0.39, 0.29) is 24.2 Å². The van der Waals surface area contributed by atoms with Crippen molar-refractivity contribution in [1.29, 1.82) is 0 Å². The number of furan rings is 1. The van der Waals surface area contributed by atoms with Crippen molar-refractivity contribution >= 4 is 23.4 Å². The summed E-state index contributed by atoms with van der Waals surface area (Å²) >= 11 is 5.67. The van der Waals surface area contributed by atoms with Crippen LogP contribution in [0, 0.1) is 0 Å². The molecule has 0 aliphatic carbocycles. The van der Waals surface area contributed by atoms with Gasteiger partial charge < -0.3 is 14.2 Å². The minimum atomic E-state index is -0.220. The third-order valence-corrected chi connectivity index (χ3v) is 4.31. The molecule has 0 atom stereocenters. The lowest BCUT2D eigenvalue weighted by atomic mass is 10.1. The fourth-order valence-electron chi connectivity index (χ4n) is 2.70. The van der Waals surface area contributed by atoms with Gasteiger partial charge in [-0.25, -0.2) is 0 Å². The number of carbonyl (C=O) groups is 2. The van der Waals surface area contributed by atoms with E-state index in [4.69, 9.17) is 16.0 Å². The van der Waals surface area contributed by atoms with Crippen LogP contribution in [0.15, 0.2) is 53.1 Å². The van der Waals surface area contributed by atoms with Crippen LogP contribution < -0.4 is 0 Å². The van der Waals surface area contributed by atoms with Crippen molar-refractivity contribution in [1.82, 2.24) is 9.80 Å². The molecule has 2 rings (SSSR count). The molecular formula is C20H25ClN2O3. The van der Waals surface area contributed by atoms with Crippen molar-refractivity contribution in [3.8, 4) is 0 Å². The second-order valence-corrected chi connectivity index (χ2v) is 6.35. The summed E-state index contributed by atoms with van der Waals surface area (Å²) in [5, 5.41) is 0. The number of hydrogen-bond donors (Lipinski definition) is 0. The molecule has 5 nitrogen and oxygen atoms in total. The number of nitrogens with zero attached hydrogens (tertiary/aromatic N) is 2. The molecule has 0 fully saturated rings. The first-order valence-corrected chi connectivity index (χ1v) is 9.35. The van der Waals surface area contributed by atoms with Gasteiger partial charge in [-0.05, 0) is 30.5 Å². The van der Waals surface area contributed by atoms with E-state index in [1.165, 1.54) is 4.90 Å². The van der Waals surface area contributed by atoms with Gasteiger partial charge in [0.2, 0.25) is 11.8 Å². The molecule has 0 aliphatic heterocycles. The molecule has 0 aliphatic rings. The van der Waals surface area contributed by atoms with Crippen molar-refractivity contribution in [3.05, 3.63) is 60.1 Å². The Morgan fingerprint density at radius 1 is 1.00 bits per heavy atom. The van der Waals surface area contributed by atoms with Gasteiger partial charge in [-0.1, -0.05) is 37.3 Å². The molecular weight excluding hydrogens is 352 g/mol. The Kier molecular flexibility index (Phi) is 8.22. The molecule has 2 aromatic rings. The second kappa shape index (κ2) is 10.7. The average Bonchev–Trinajstić information content (AvgIpc) is 3.18. The molecule has 1 heterocycles. The predicted molar refractivity (Wildman–Crippen MR) is 102 cm³/mol. The maximum atomic E-state index is 12.8. The molecule has 2 amide bonds. The maximum absolute atomic E-state index is 12.8. The van der Waals surface area contributed by atoms with Crippen molar-refractivity contribution in [2.45, 2.75) is 26.3 Å². The summed E-state index contributed by atoms with van der Waals surface area (Å²) in [5.74, 6) is 0.277. The molecule has 1 aromatic heterocycles. The van der Waals surface area contributed by atoms with E-state index in [0.29, 0.717) is 19.6 Å². The molecule has 26 heavy (non-hydrogen) atoms. The Morgan fingerprint density at radius 3 is 2.38 bits per heavy atom. The van der Waals surface area contributed by atoms with Crippen LogP contribution in [0.25, 0.3) is 0 Å². The predicted octanol–water partition coefficient (Wildman–Crippen LogP) is 3.33. The highest BCUT2D eigenvalue weighted by Crippen LogP contribution is 2.09. The summed E-state index contributed by atoms with van der Waals surface area (Å²) in [7, 11) is 0. The Morgan fingerprint density at radius 2 is 1.77 bits per heavy atom. The lowest BCUT2D eigenvalue weighted by Crippen LogP contribution is -2.44. The molecule has 0 spiro atoms. The molecule has 6 heteroatoms. The fraction of sp³-hybridized carbons (Fsp3) is 0.400. The summed E-state index contributed by atoms with van der Waals surface area (Å²) in [6.07, 6.45) is 3.11. The monoisotopic (exact) mass is 376 g/mol. The van der Waals surface area contributed by atoms with Crippen molar-refractivity contribution in [2.24, 2.45) is 0 Å². The normalized spacial score (nSPS) is 10.5. The Balaban J connectivity index is 2.05. The van der Waals surface area contributed by atoms with E-state index < -0.39 is 0 Å².